The van der Waals surface area contributed by atoms with Gasteiger partial charge in [0.05, 0.1) is 0 Å². The van der Waals surface area contributed by atoms with Gasteiger partial charge in [-0.3, -0.25) is 0 Å². The highest BCUT2D eigenvalue weighted by Gasteiger charge is 2.35. The van der Waals surface area contributed by atoms with Crippen molar-refractivity contribution >= 4 is 32.5 Å². The first-order chi connectivity index (χ1) is 9.83. The molecule has 0 amide bonds. The fraction of sp³-hybridized carbons (Fsp3) is 0.438. The van der Waals surface area contributed by atoms with E-state index in [9.17, 15) is 0 Å². The van der Waals surface area contributed by atoms with Gasteiger partial charge in [0, 0.05) is 40.6 Å². The molecule has 4 rings (SSSR count). The maximum absolute atomic E-state index is 4.67. The van der Waals surface area contributed by atoms with Crippen molar-refractivity contribution < 1.29 is 0 Å². The van der Waals surface area contributed by atoms with Crippen molar-refractivity contribution in [2.24, 2.45) is 5.92 Å². The van der Waals surface area contributed by atoms with E-state index in [1.807, 2.05) is 6.20 Å². The van der Waals surface area contributed by atoms with E-state index in [2.05, 4.69) is 55.4 Å². The van der Waals surface area contributed by atoms with E-state index >= 15 is 0 Å². The van der Waals surface area contributed by atoms with Gasteiger partial charge in [-0.1, -0.05) is 28.1 Å². The molecule has 0 aliphatic carbocycles. The molecule has 0 bridgehead atoms. The van der Waals surface area contributed by atoms with Crippen LogP contribution in [0.4, 0.5) is 5.82 Å². The number of nitrogens with zero attached hydrogens (tertiary/aromatic N) is 2. The number of rotatable bonds is 1. The molecule has 2 aromatic rings. The fourth-order valence-corrected chi connectivity index (χ4v) is 4.12. The molecule has 2 aliphatic rings. The van der Waals surface area contributed by atoms with Crippen LogP contribution in [-0.4, -0.2) is 30.7 Å². The lowest BCUT2D eigenvalue weighted by atomic mass is 9.94. The lowest BCUT2D eigenvalue weighted by Gasteiger charge is -2.24. The number of halogens is 1. The van der Waals surface area contributed by atoms with Crippen LogP contribution in [0, 0.1) is 5.92 Å². The van der Waals surface area contributed by atoms with Crippen LogP contribution in [0.3, 0.4) is 0 Å². The Morgan fingerprint density at radius 1 is 1.20 bits per heavy atom. The maximum atomic E-state index is 4.67. The SMILES string of the molecule is Brc1cccc2c(N3CC4CCCNC4C3)nccc12. The average molecular weight is 332 g/mol. The van der Waals surface area contributed by atoms with Crippen LogP contribution in [0.2, 0.25) is 0 Å². The summed E-state index contributed by atoms with van der Waals surface area (Å²) in [4.78, 5) is 7.13. The second kappa shape index (κ2) is 5.01. The Kier molecular flexibility index (Phi) is 3.15. The average Bonchev–Trinajstić information content (AvgIpc) is 2.91. The number of fused-ring (bicyclic) bond motifs is 2. The number of pyridine rings is 1. The van der Waals surface area contributed by atoms with E-state index in [0.29, 0.717) is 6.04 Å². The van der Waals surface area contributed by atoms with Gasteiger partial charge in [-0.25, -0.2) is 4.98 Å². The maximum Gasteiger partial charge on any atom is 0.136 e. The minimum Gasteiger partial charge on any atom is -0.354 e. The summed E-state index contributed by atoms with van der Waals surface area (Å²) in [5.41, 5.74) is 0. The molecule has 1 aromatic heterocycles. The normalized spacial score (nSPS) is 25.9. The van der Waals surface area contributed by atoms with Gasteiger partial charge in [0.25, 0.3) is 0 Å². The van der Waals surface area contributed by atoms with E-state index in [-0.39, 0.29) is 0 Å². The van der Waals surface area contributed by atoms with Crippen molar-refractivity contribution in [3.8, 4) is 0 Å². The molecule has 20 heavy (non-hydrogen) atoms. The topological polar surface area (TPSA) is 28.2 Å². The molecule has 2 fully saturated rings. The quantitative estimate of drug-likeness (QED) is 0.869. The van der Waals surface area contributed by atoms with Gasteiger partial charge in [0.1, 0.15) is 5.82 Å². The zero-order valence-electron chi connectivity index (χ0n) is 11.3. The van der Waals surface area contributed by atoms with Crippen LogP contribution in [0.1, 0.15) is 12.8 Å². The Morgan fingerprint density at radius 2 is 2.15 bits per heavy atom. The van der Waals surface area contributed by atoms with E-state index in [4.69, 9.17) is 0 Å². The Bertz CT molecular complexity index is 629. The summed E-state index contributed by atoms with van der Waals surface area (Å²) in [6.45, 7) is 3.39. The second-order valence-electron chi connectivity index (χ2n) is 5.84. The van der Waals surface area contributed by atoms with Crippen LogP contribution in [0.15, 0.2) is 34.9 Å². The van der Waals surface area contributed by atoms with Crippen molar-refractivity contribution in [3.05, 3.63) is 34.9 Å². The molecule has 3 nitrogen and oxygen atoms in total. The van der Waals surface area contributed by atoms with Gasteiger partial charge >= 0.3 is 0 Å². The van der Waals surface area contributed by atoms with Gasteiger partial charge < -0.3 is 10.2 Å². The minimum atomic E-state index is 0.646. The molecule has 0 radical (unpaired) electrons. The zero-order valence-corrected chi connectivity index (χ0v) is 12.9. The van der Waals surface area contributed by atoms with Gasteiger partial charge in [0.2, 0.25) is 0 Å². The Hall–Kier alpha value is -1.13. The third-order valence-electron chi connectivity index (χ3n) is 4.63. The molecule has 1 aromatic carbocycles. The number of hydrogen-bond acceptors (Lipinski definition) is 3. The first-order valence-corrected chi connectivity index (χ1v) is 8.14. The van der Waals surface area contributed by atoms with Crippen LogP contribution < -0.4 is 10.2 Å². The molecule has 0 saturated carbocycles. The highest BCUT2D eigenvalue weighted by Crippen LogP contribution is 2.34. The molecule has 1 N–H and O–H groups in total. The van der Waals surface area contributed by atoms with Gasteiger partial charge in [-0.05, 0) is 37.4 Å². The summed E-state index contributed by atoms with van der Waals surface area (Å²) in [6, 6.07) is 9.10. The summed E-state index contributed by atoms with van der Waals surface area (Å²) in [6.07, 6.45) is 4.59. The lowest BCUT2D eigenvalue weighted by Crippen LogP contribution is -2.40. The molecule has 4 heteroatoms. The Morgan fingerprint density at radius 3 is 3.05 bits per heavy atom. The summed E-state index contributed by atoms with van der Waals surface area (Å²) < 4.78 is 1.15. The van der Waals surface area contributed by atoms with Crippen molar-refractivity contribution in [2.45, 2.75) is 18.9 Å². The van der Waals surface area contributed by atoms with Crippen molar-refractivity contribution in [1.29, 1.82) is 0 Å². The highest BCUT2D eigenvalue weighted by atomic mass is 79.9. The Labute approximate surface area is 127 Å². The van der Waals surface area contributed by atoms with Crippen molar-refractivity contribution in [2.75, 3.05) is 24.5 Å². The van der Waals surface area contributed by atoms with Crippen LogP contribution in [-0.2, 0) is 0 Å². The van der Waals surface area contributed by atoms with E-state index in [1.54, 1.807) is 0 Å². The highest BCUT2D eigenvalue weighted by molar-refractivity contribution is 9.10. The predicted molar refractivity (Wildman–Crippen MR) is 86.2 cm³/mol. The van der Waals surface area contributed by atoms with Gasteiger partial charge in [0.15, 0.2) is 0 Å². The molecular weight excluding hydrogens is 314 g/mol. The zero-order chi connectivity index (χ0) is 13.5. The number of benzene rings is 1. The smallest absolute Gasteiger partial charge is 0.136 e. The molecule has 2 unspecified atom stereocenters. The second-order valence-corrected chi connectivity index (χ2v) is 6.69. The largest absolute Gasteiger partial charge is 0.354 e. The van der Waals surface area contributed by atoms with Gasteiger partial charge in [-0.15, -0.1) is 0 Å². The number of nitrogens with one attached hydrogen (secondary N) is 1. The number of hydrogen-bond donors (Lipinski definition) is 1. The fourth-order valence-electron chi connectivity index (χ4n) is 3.63. The standard InChI is InChI=1S/C16H18BrN3/c17-14-5-1-4-13-12(14)6-8-19-16(13)20-9-11-3-2-7-18-15(11)10-20/h1,4-6,8,11,15,18H,2-3,7,9-10H2. The molecule has 2 atom stereocenters. The number of piperidine rings is 1. The predicted octanol–water partition coefficient (Wildman–Crippen LogP) is 3.19. The van der Waals surface area contributed by atoms with Crippen molar-refractivity contribution in [3.63, 3.8) is 0 Å². The summed E-state index contributed by atoms with van der Waals surface area (Å²) >= 11 is 3.64. The minimum absolute atomic E-state index is 0.646. The number of aromatic nitrogens is 1. The molecule has 0 spiro atoms. The van der Waals surface area contributed by atoms with Crippen LogP contribution >= 0.6 is 15.9 Å². The first-order valence-electron chi connectivity index (χ1n) is 7.34. The molecule has 3 heterocycles. The Balaban J connectivity index is 1.74. The van der Waals surface area contributed by atoms with E-state index < -0.39 is 0 Å². The summed E-state index contributed by atoms with van der Waals surface area (Å²) in [5, 5.41) is 6.16. The summed E-state index contributed by atoms with van der Waals surface area (Å²) in [7, 11) is 0. The van der Waals surface area contributed by atoms with E-state index in [0.717, 1.165) is 29.3 Å². The lowest BCUT2D eigenvalue weighted by molar-refractivity contribution is 0.340. The third kappa shape index (κ3) is 2.02. The van der Waals surface area contributed by atoms with Crippen LogP contribution in [0.5, 0.6) is 0 Å². The molecular formula is C16H18BrN3. The monoisotopic (exact) mass is 331 g/mol. The van der Waals surface area contributed by atoms with E-state index in [1.165, 1.54) is 30.2 Å². The molecule has 2 aliphatic heterocycles. The summed E-state index contributed by atoms with van der Waals surface area (Å²) in [5.74, 6) is 1.92. The first kappa shape index (κ1) is 12.6. The third-order valence-corrected chi connectivity index (χ3v) is 5.32. The number of anilines is 1. The van der Waals surface area contributed by atoms with Crippen LogP contribution in [0.25, 0.3) is 10.8 Å². The van der Waals surface area contributed by atoms with Gasteiger partial charge in [-0.2, -0.15) is 0 Å². The molecule has 104 valence electrons. The van der Waals surface area contributed by atoms with Crippen molar-refractivity contribution in [1.82, 2.24) is 10.3 Å². The molecule has 2 saturated heterocycles.